The third-order valence-electron chi connectivity index (χ3n) is 5.40. The zero-order valence-electron chi connectivity index (χ0n) is 16.8. The Bertz CT molecular complexity index is 1210. The molecule has 0 radical (unpaired) electrons. The van der Waals surface area contributed by atoms with Crippen molar-refractivity contribution in [1.82, 2.24) is 9.55 Å². The molecule has 1 fully saturated rings. The molecule has 1 aromatic heterocycles. The summed E-state index contributed by atoms with van der Waals surface area (Å²) in [6, 6.07) is 13.4. The fourth-order valence-corrected chi connectivity index (χ4v) is 5.78. The van der Waals surface area contributed by atoms with E-state index < -0.39 is 20.9 Å². The van der Waals surface area contributed by atoms with Crippen molar-refractivity contribution in [3.63, 3.8) is 0 Å². The predicted molar refractivity (Wildman–Crippen MR) is 115 cm³/mol. The number of imidazole rings is 1. The van der Waals surface area contributed by atoms with Crippen molar-refractivity contribution in [2.75, 3.05) is 18.1 Å². The van der Waals surface area contributed by atoms with Crippen molar-refractivity contribution >= 4 is 26.6 Å². The van der Waals surface area contributed by atoms with Gasteiger partial charge in [-0.1, -0.05) is 18.2 Å². The number of nitro benzene ring substituents is 1. The molecule has 1 aliphatic rings. The van der Waals surface area contributed by atoms with Crippen LogP contribution in [0.1, 0.15) is 12.2 Å². The smallest absolute Gasteiger partial charge is 0.273 e. The third kappa shape index (κ3) is 5.02. The van der Waals surface area contributed by atoms with Crippen molar-refractivity contribution in [3.05, 3.63) is 64.5 Å². The first-order valence-electron chi connectivity index (χ1n) is 10.0. The maximum Gasteiger partial charge on any atom is 0.273 e. The topological polar surface area (TPSA) is 125 Å². The van der Waals surface area contributed by atoms with Gasteiger partial charge in [0.25, 0.3) is 5.69 Å². The first-order chi connectivity index (χ1) is 14.8. The lowest BCUT2D eigenvalue weighted by atomic mass is 10.1. The van der Waals surface area contributed by atoms with Gasteiger partial charge in [0.15, 0.2) is 9.84 Å². The summed E-state index contributed by atoms with van der Waals surface area (Å²) in [5, 5.41) is 21.5. The van der Waals surface area contributed by atoms with Crippen LogP contribution in [0.25, 0.3) is 11.0 Å². The number of fused-ring (bicyclic) bond motifs is 1. The van der Waals surface area contributed by atoms with Gasteiger partial charge in [0, 0.05) is 12.5 Å². The fraction of sp³-hybridized carbons (Fsp3) is 0.381. The molecular formula is C21H23N3O6S. The maximum atomic E-state index is 11.8. The van der Waals surface area contributed by atoms with Crippen LogP contribution in [0.15, 0.2) is 48.5 Å². The minimum Gasteiger partial charge on any atom is -0.491 e. The van der Waals surface area contributed by atoms with Crippen LogP contribution in [-0.4, -0.2) is 52.2 Å². The second-order valence-electron chi connectivity index (χ2n) is 7.82. The van der Waals surface area contributed by atoms with E-state index in [-0.39, 0.29) is 36.3 Å². The molecule has 164 valence electrons. The summed E-state index contributed by atoms with van der Waals surface area (Å²) < 4.78 is 31.1. The minimum atomic E-state index is -2.98. The molecule has 1 N–H and O–H groups in total. The number of ether oxygens (including phenoxy) is 1. The zero-order valence-corrected chi connectivity index (χ0v) is 17.6. The minimum absolute atomic E-state index is 0.0128. The van der Waals surface area contributed by atoms with Crippen LogP contribution >= 0.6 is 0 Å². The Hall–Kier alpha value is -2.98. The highest BCUT2D eigenvalue weighted by atomic mass is 32.2. The number of hydrogen-bond acceptors (Lipinski definition) is 7. The van der Waals surface area contributed by atoms with Crippen LogP contribution in [0.5, 0.6) is 5.75 Å². The van der Waals surface area contributed by atoms with Crippen LogP contribution < -0.4 is 4.74 Å². The molecule has 2 heterocycles. The molecular weight excluding hydrogens is 422 g/mol. The van der Waals surface area contributed by atoms with E-state index in [2.05, 4.69) is 4.98 Å². The molecule has 31 heavy (non-hydrogen) atoms. The van der Waals surface area contributed by atoms with Crippen LogP contribution in [0.2, 0.25) is 0 Å². The Morgan fingerprint density at radius 1 is 1.26 bits per heavy atom. The van der Waals surface area contributed by atoms with Gasteiger partial charge in [-0.15, -0.1) is 0 Å². The van der Waals surface area contributed by atoms with Gasteiger partial charge in [-0.2, -0.15) is 0 Å². The van der Waals surface area contributed by atoms with E-state index in [1.54, 1.807) is 6.07 Å². The number of sulfone groups is 1. The number of aliphatic hydroxyl groups excluding tert-OH is 1. The molecule has 1 saturated heterocycles. The zero-order chi connectivity index (χ0) is 22.0. The van der Waals surface area contributed by atoms with Gasteiger partial charge in [-0.05, 0) is 30.5 Å². The fourth-order valence-electron chi connectivity index (χ4n) is 3.92. The first-order valence-corrected chi connectivity index (χ1v) is 11.8. The van der Waals surface area contributed by atoms with Crippen molar-refractivity contribution in [2.24, 2.45) is 5.92 Å². The number of aliphatic hydroxyl groups is 1. The number of hydrogen-bond donors (Lipinski definition) is 1. The van der Waals surface area contributed by atoms with Gasteiger partial charge >= 0.3 is 0 Å². The molecule has 0 spiro atoms. The van der Waals surface area contributed by atoms with E-state index in [0.29, 0.717) is 18.6 Å². The lowest BCUT2D eigenvalue weighted by Crippen LogP contribution is -2.25. The molecule has 2 atom stereocenters. The van der Waals surface area contributed by atoms with Crippen molar-refractivity contribution in [1.29, 1.82) is 0 Å². The lowest BCUT2D eigenvalue weighted by Gasteiger charge is -2.16. The molecule has 4 rings (SSSR count). The number of para-hydroxylation sites is 2. The number of nitro groups is 1. The average Bonchev–Trinajstić information content (AvgIpc) is 3.26. The summed E-state index contributed by atoms with van der Waals surface area (Å²) in [6.07, 6.45) is 0.249. The summed E-state index contributed by atoms with van der Waals surface area (Å²) >= 11 is 0. The number of non-ortho nitro benzene ring substituents is 1. The molecule has 0 saturated carbocycles. The summed E-state index contributed by atoms with van der Waals surface area (Å²) in [4.78, 5) is 15.1. The average molecular weight is 445 g/mol. The van der Waals surface area contributed by atoms with E-state index in [0.717, 1.165) is 16.9 Å². The van der Waals surface area contributed by atoms with Crippen LogP contribution in [0.3, 0.4) is 0 Å². The Kier molecular flexibility index (Phi) is 5.92. The van der Waals surface area contributed by atoms with Crippen molar-refractivity contribution in [3.8, 4) is 5.75 Å². The highest BCUT2D eigenvalue weighted by molar-refractivity contribution is 7.91. The highest BCUT2D eigenvalue weighted by Crippen LogP contribution is 2.25. The standard InChI is InChI=1S/C21H23N3O6S/c25-17(13-30-18-5-3-4-16(11-18)24(26)27)12-23-20-7-2-1-6-19(20)22-21(23)10-15-8-9-31(28,29)14-15/h1-7,11,15,17,25H,8-10,12-14H2/t15-,17-/m0/s1. The van der Waals surface area contributed by atoms with Crippen LogP contribution in [0.4, 0.5) is 5.69 Å². The number of rotatable bonds is 8. The van der Waals surface area contributed by atoms with Crippen LogP contribution in [0, 0.1) is 16.0 Å². The highest BCUT2D eigenvalue weighted by Gasteiger charge is 2.29. The van der Waals surface area contributed by atoms with E-state index in [1.165, 1.54) is 18.2 Å². The predicted octanol–water partition coefficient (Wildman–Crippen LogP) is 2.36. The second-order valence-corrected chi connectivity index (χ2v) is 10.0. The van der Waals surface area contributed by atoms with E-state index >= 15 is 0 Å². The molecule has 9 nitrogen and oxygen atoms in total. The Morgan fingerprint density at radius 3 is 2.81 bits per heavy atom. The van der Waals surface area contributed by atoms with Crippen LogP contribution in [-0.2, 0) is 22.8 Å². The summed E-state index contributed by atoms with van der Waals surface area (Å²) in [6.45, 7) is 0.162. The van der Waals surface area contributed by atoms with Crippen molar-refractivity contribution in [2.45, 2.75) is 25.5 Å². The molecule has 0 amide bonds. The summed E-state index contributed by atoms with van der Waals surface area (Å²) in [5.74, 6) is 1.42. The second kappa shape index (κ2) is 8.64. The summed E-state index contributed by atoms with van der Waals surface area (Å²) in [5.41, 5.74) is 1.55. The van der Waals surface area contributed by atoms with Gasteiger partial charge < -0.3 is 14.4 Å². The number of nitrogens with zero attached hydrogens (tertiary/aromatic N) is 3. The first kappa shape index (κ1) is 21.3. The number of aromatic nitrogens is 2. The molecule has 3 aromatic rings. The molecule has 2 aromatic carbocycles. The van der Waals surface area contributed by atoms with E-state index in [9.17, 15) is 23.6 Å². The quantitative estimate of drug-likeness (QED) is 0.417. The van der Waals surface area contributed by atoms with Gasteiger partial charge in [0.2, 0.25) is 0 Å². The van der Waals surface area contributed by atoms with Gasteiger partial charge in [-0.25, -0.2) is 13.4 Å². The molecule has 0 bridgehead atoms. The van der Waals surface area contributed by atoms with Gasteiger partial charge in [-0.3, -0.25) is 10.1 Å². The van der Waals surface area contributed by atoms with E-state index in [1.807, 2.05) is 28.8 Å². The van der Waals surface area contributed by atoms with Gasteiger partial charge in [0.1, 0.15) is 24.3 Å². The number of benzene rings is 2. The monoisotopic (exact) mass is 445 g/mol. The molecule has 0 unspecified atom stereocenters. The molecule has 1 aliphatic heterocycles. The Morgan fingerprint density at radius 2 is 2.06 bits per heavy atom. The SMILES string of the molecule is O=[N+]([O-])c1cccc(OC[C@@H](O)Cn2c(C[C@@H]3CCS(=O)(=O)C3)nc3ccccc32)c1. The molecule has 10 heteroatoms. The summed E-state index contributed by atoms with van der Waals surface area (Å²) in [7, 11) is -2.98. The van der Waals surface area contributed by atoms with Gasteiger partial charge in [0.05, 0.1) is 40.1 Å². The lowest BCUT2D eigenvalue weighted by molar-refractivity contribution is -0.384. The third-order valence-corrected chi connectivity index (χ3v) is 7.23. The maximum absolute atomic E-state index is 11.8. The normalized spacial score (nSPS) is 18.8. The Labute approximate surface area is 179 Å². The van der Waals surface area contributed by atoms with Crippen molar-refractivity contribution < 1.29 is 23.2 Å². The Balaban J connectivity index is 1.49. The largest absolute Gasteiger partial charge is 0.491 e. The molecule has 0 aliphatic carbocycles. The van der Waals surface area contributed by atoms with E-state index in [4.69, 9.17) is 4.74 Å².